The molecule has 2 aromatic rings. The van der Waals surface area contributed by atoms with Crippen LogP contribution in [0.25, 0.3) is 0 Å². The average molecular weight is 415 g/mol. The second-order valence-electron chi connectivity index (χ2n) is 6.86. The average Bonchev–Trinajstić information content (AvgIpc) is 3.25. The van der Waals surface area contributed by atoms with Crippen molar-refractivity contribution < 1.29 is 19.4 Å². The van der Waals surface area contributed by atoms with Crippen molar-refractivity contribution in [2.75, 3.05) is 25.4 Å². The summed E-state index contributed by atoms with van der Waals surface area (Å²) in [6.45, 7) is 1.73. The molecule has 0 radical (unpaired) electrons. The minimum absolute atomic E-state index is 0.0564. The van der Waals surface area contributed by atoms with Gasteiger partial charge in [-0.15, -0.1) is 11.8 Å². The first-order valence-corrected chi connectivity index (χ1v) is 10.8. The standard InChI is InChI=1S/C22H26N2O4S/c25-17-7-3-6-16(14-17)21(26)23-11-5-12-24-22(27)19-9-1-2-10-20(19)29-15-18-8-4-13-28-18/h1-3,6-7,9-10,14,18,25H,4-5,8,11-13,15H2,(H,23,26)(H,24,27). The molecule has 154 valence electrons. The van der Waals surface area contributed by atoms with Crippen LogP contribution in [0.2, 0.25) is 0 Å². The van der Waals surface area contributed by atoms with Gasteiger partial charge in [0.1, 0.15) is 5.75 Å². The molecule has 3 N–H and O–H groups in total. The fourth-order valence-electron chi connectivity index (χ4n) is 3.08. The van der Waals surface area contributed by atoms with Crippen LogP contribution < -0.4 is 10.6 Å². The molecule has 2 aromatic carbocycles. The summed E-state index contributed by atoms with van der Waals surface area (Å²) < 4.78 is 5.65. The van der Waals surface area contributed by atoms with E-state index in [2.05, 4.69) is 10.6 Å². The van der Waals surface area contributed by atoms with E-state index in [0.717, 1.165) is 30.1 Å². The Bertz CT molecular complexity index is 837. The number of ether oxygens (including phenoxy) is 1. The molecule has 0 aromatic heterocycles. The number of carbonyl (C=O) groups excluding carboxylic acids is 2. The zero-order valence-corrected chi connectivity index (χ0v) is 17.0. The van der Waals surface area contributed by atoms with Crippen molar-refractivity contribution in [3.8, 4) is 5.75 Å². The molecule has 3 rings (SSSR count). The number of rotatable bonds is 9. The number of thioether (sulfide) groups is 1. The van der Waals surface area contributed by atoms with E-state index < -0.39 is 0 Å². The molecule has 1 saturated heterocycles. The molecule has 7 heteroatoms. The second kappa shape index (κ2) is 10.9. The Morgan fingerprint density at radius 2 is 1.86 bits per heavy atom. The Kier molecular flexibility index (Phi) is 7.95. The molecule has 0 saturated carbocycles. The summed E-state index contributed by atoms with van der Waals surface area (Å²) in [5.41, 5.74) is 1.07. The van der Waals surface area contributed by atoms with Gasteiger partial charge >= 0.3 is 0 Å². The van der Waals surface area contributed by atoms with E-state index in [4.69, 9.17) is 4.74 Å². The van der Waals surface area contributed by atoms with Gasteiger partial charge in [0, 0.05) is 35.9 Å². The number of amides is 2. The number of benzene rings is 2. The van der Waals surface area contributed by atoms with Crippen LogP contribution >= 0.6 is 11.8 Å². The predicted molar refractivity (Wildman–Crippen MR) is 114 cm³/mol. The van der Waals surface area contributed by atoms with Crippen molar-refractivity contribution in [2.45, 2.75) is 30.3 Å². The highest BCUT2D eigenvalue weighted by molar-refractivity contribution is 7.99. The van der Waals surface area contributed by atoms with E-state index >= 15 is 0 Å². The zero-order valence-electron chi connectivity index (χ0n) is 16.2. The van der Waals surface area contributed by atoms with Gasteiger partial charge in [-0.1, -0.05) is 18.2 Å². The maximum absolute atomic E-state index is 12.5. The van der Waals surface area contributed by atoms with Crippen molar-refractivity contribution >= 4 is 23.6 Å². The second-order valence-corrected chi connectivity index (χ2v) is 7.92. The molecule has 1 aliphatic heterocycles. The Balaban J connectivity index is 1.40. The van der Waals surface area contributed by atoms with Crippen molar-refractivity contribution in [1.82, 2.24) is 10.6 Å². The lowest BCUT2D eigenvalue weighted by atomic mass is 10.2. The van der Waals surface area contributed by atoms with Gasteiger partial charge in [0.25, 0.3) is 11.8 Å². The smallest absolute Gasteiger partial charge is 0.252 e. The molecule has 1 fully saturated rings. The fraction of sp³-hybridized carbons (Fsp3) is 0.364. The normalized spacial score (nSPS) is 15.8. The minimum Gasteiger partial charge on any atom is -0.508 e. The molecule has 1 heterocycles. The highest BCUT2D eigenvalue weighted by atomic mass is 32.2. The number of hydrogen-bond acceptors (Lipinski definition) is 5. The fourth-order valence-corrected chi connectivity index (χ4v) is 4.19. The molecule has 0 spiro atoms. The number of aromatic hydroxyl groups is 1. The summed E-state index contributed by atoms with van der Waals surface area (Å²) in [6, 6.07) is 13.8. The molecule has 1 unspecified atom stereocenters. The number of phenols is 1. The molecule has 0 aliphatic carbocycles. The topological polar surface area (TPSA) is 87.7 Å². The molecule has 29 heavy (non-hydrogen) atoms. The van der Waals surface area contributed by atoms with Crippen molar-refractivity contribution in [2.24, 2.45) is 0 Å². The van der Waals surface area contributed by atoms with Crippen molar-refractivity contribution in [3.05, 3.63) is 59.7 Å². The predicted octanol–water partition coefficient (Wildman–Crippen LogP) is 3.21. The highest BCUT2D eigenvalue weighted by Crippen LogP contribution is 2.26. The molecular weight excluding hydrogens is 388 g/mol. The van der Waals surface area contributed by atoms with Crippen LogP contribution in [0, 0.1) is 0 Å². The Labute approximate surface area is 175 Å². The molecular formula is C22H26N2O4S. The third kappa shape index (κ3) is 6.51. The summed E-state index contributed by atoms with van der Waals surface area (Å²) >= 11 is 1.66. The van der Waals surface area contributed by atoms with Crippen LogP contribution in [-0.4, -0.2) is 48.5 Å². The van der Waals surface area contributed by atoms with Crippen LogP contribution in [0.1, 0.15) is 40.0 Å². The van der Waals surface area contributed by atoms with Gasteiger partial charge in [-0.25, -0.2) is 0 Å². The van der Waals surface area contributed by atoms with Crippen LogP contribution in [-0.2, 0) is 4.74 Å². The Morgan fingerprint density at radius 1 is 1.07 bits per heavy atom. The first kappa shape index (κ1) is 21.2. The molecule has 1 atom stereocenters. The summed E-state index contributed by atoms with van der Waals surface area (Å²) in [5, 5.41) is 15.1. The van der Waals surface area contributed by atoms with E-state index in [9.17, 15) is 14.7 Å². The third-order valence-electron chi connectivity index (χ3n) is 4.61. The van der Waals surface area contributed by atoms with E-state index in [-0.39, 0.29) is 23.7 Å². The molecule has 2 amide bonds. The monoisotopic (exact) mass is 414 g/mol. The lowest BCUT2D eigenvalue weighted by Gasteiger charge is -2.12. The van der Waals surface area contributed by atoms with Crippen molar-refractivity contribution in [3.63, 3.8) is 0 Å². The van der Waals surface area contributed by atoms with Crippen LogP contribution in [0.15, 0.2) is 53.4 Å². The quantitative estimate of drug-likeness (QED) is 0.433. The maximum atomic E-state index is 12.5. The minimum atomic E-state index is -0.247. The van der Waals surface area contributed by atoms with E-state index in [1.165, 1.54) is 12.1 Å². The van der Waals surface area contributed by atoms with Gasteiger partial charge in [-0.05, 0) is 49.6 Å². The summed E-state index contributed by atoms with van der Waals surface area (Å²) in [6.07, 6.45) is 3.07. The van der Waals surface area contributed by atoms with E-state index in [0.29, 0.717) is 30.6 Å². The number of carbonyl (C=O) groups is 2. The molecule has 1 aliphatic rings. The summed E-state index contributed by atoms with van der Waals surface area (Å²) in [4.78, 5) is 25.5. The van der Waals surface area contributed by atoms with Gasteiger partial charge < -0.3 is 20.5 Å². The lowest BCUT2D eigenvalue weighted by molar-refractivity contribution is 0.0949. The molecule has 0 bridgehead atoms. The highest BCUT2D eigenvalue weighted by Gasteiger charge is 2.17. The van der Waals surface area contributed by atoms with Gasteiger partial charge in [0.2, 0.25) is 0 Å². The number of nitrogens with one attached hydrogen (secondary N) is 2. The SMILES string of the molecule is O=C(NCCCNC(=O)c1ccccc1SCC1CCCO1)c1cccc(O)c1. The summed E-state index contributed by atoms with van der Waals surface area (Å²) in [7, 11) is 0. The molecule has 6 nitrogen and oxygen atoms in total. The van der Waals surface area contributed by atoms with Crippen LogP contribution in [0.4, 0.5) is 0 Å². The maximum Gasteiger partial charge on any atom is 0.252 e. The Morgan fingerprint density at radius 3 is 2.62 bits per heavy atom. The van der Waals surface area contributed by atoms with Gasteiger partial charge in [-0.3, -0.25) is 9.59 Å². The number of phenolic OH excluding ortho intramolecular Hbond substituents is 1. The Hall–Kier alpha value is -2.51. The van der Waals surface area contributed by atoms with Crippen LogP contribution in [0.3, 0.4) is 0 Å². The van der Waals surface area contributed by atoms with E-state index in [1.54, 1.807) is 23.9 Å². The van der Waals surface area contributed by atoms with Crippen molar-refractivity contribution in [1.29, 1.82) is 0 Å². The van der Waals surface area contributed by atoms with E-state index in [1.807, 2.05) is 24.3 Å². The third-order valence-corrected chi connectivity index (χ3v) is 5.82. The first-order valence-electron chi connectivity index (χ1n) is 9.82. The van der Waals surface area contributed by atoms with Crippen LogP contribution in [0.5, 0.6) is 5.75 Å². The van der Waals surface area contributed by atoms with Gasteiger partial charge in [0.15, 0.2) is 0 Å². The largest absolute Gasteiger partial charge is 0.508 e. The lowest BCUT2D eigenvalue weighted by Crippen LogP contribution is -2.30. The number of hydrogen-bond donors (Lipinski definition) is 3. The van der Waals surface area contributed by atoms with Gasteiger partial charge in [0.05, 0.1) is 11.7 Å². The van der Waals surface area contributed by atoms with Gasteiger partial charge in [-0.2, -0.15) is 0 Å². The first-order chi connectivity index (χ1) is 14.1. The zero-order chi connectivity index (χ0) is 20.5. The summed E-state index contributed by atoms with van der Waals surface area (Å²) in [5.74, 6) is 0.551.